The number of amides is 1. The summed E-state index contributed by atoms with van der Waals surface area (Å²) in [6.07, 6.45) is 0.470. The molecular formula is C8H11NO3. The number of nitrogens with zero attached hydrogens (tertiary/aromatic N) is 1. The van der Waals surface area contributed by atoms with Gasteiger partial charge in [0, 0.05) is 25.4 Å². The first-order valence-electron chi connectivity index (χ1n) is 4.19. The van der Waals surface area contributed by atoms with E-state index in [1.165, 1.54) is 4.90 Å². The molecule has 1 saturated carbocycles. The predicted octanol–water partition coefficient (Wildman–Crippen LogP) is 0.575. The molecule has 2 fully saturated rings. The van der Waals surface area contributed by atoms with E-state index in [0.29, 0.717) is 31.2 Å². The van der Waals surface area contributed by atoms with Crippen LogP contribution in [-0.4, -0.2) is 35.0 Å². The molecule has 2 rings (SSSR count). The highest BCUT2D eigenvalue weighted by Crippen LogP contribution is 2.37. The average molecular weight is 169 g/mol. The summed E-state index contributed by atoms with van der Waals surface area (Å²) < 4.78 is 0. The number of fused-ring (bicyclic) bond motifs is 1. The molecule has 4 nitrogen and oxygen atoms in total. The Morgan fingerprint density at radius 2 is 2.33 bits per heavy atom. The van der Waals surface area contributed by atoms with E-state index in [1.54, 1.807) is 0 Å². The summed E-state index contributed by atoms with van der Waals surface area (Å²) in [5, 5.41) is 8.67. The van der Waals surface area contributed by atoms with Crippen molar-refractivity contribution in [3.05, 3.63) is 0 Å². The second-order valence-electron chi connectivity index (χ2n) is 3.55. The topological polar surface area (TPSA) is 57.6 Å². The maximum atomic E-state index is 11.0. The third-order valence-electron chi connectivity index (χ3n) is 2.88. The molecule has 66 valence electrons. The van der Waals surface area contributed by atoms with Crippen molar-refractivity contribution in [2.24, 2.45) is 11.8 Å². The normalized spacial score (nSPS) is 34.0. The first kappa shape index (κ1) is 7.58. The van der Waals surface area contributed by atoms with Crippen molar-refractivity contribution >= 4 is 11.9 Å². The van der Waals surface area contributed by atoms with Crippen LogP contribution < -0.4 is 0 Å². The molecule has 0 radical (unpaired) electrons. The standard InChI is InChI=1S/C8H11NO3/c10-7-3-5-4-9(8(11)12)2-1-6(5)7/h5-6H,1-4H2,(H,11,12)/t5-,6+/m0/s1. The largest absolute Gasteiger partial charge is 0.465 e. The molecule has 0 aromatic heterocycles. The summed E-state index contributed by atoms with van der Waals surface area (Å²) in [7, 11) is 0. The molecule has 1 heterocycles. The first-order valence-corrected chi connectivity index (χ1v) is 4.19. The summed E-state index contributed by atoms with van der Waals surface area (Å²) in [6.45, 7) is 1.09. The Morgan fingerprint density at radius 3 is 2.83 bits per heavy atom. The van der Waals surface area contributed by atoms with Gasteiger partial charge in [-0.3, -0.25) is 4.79 Å². The third kappa shape index (κ3) is 0.983. The number of carbonyl (C=O) groups is 2. The van der Waals surface area contributed by atoms with Crippen molar-refractivity contribution in [3.8, 4) is 0 Å². The number of carboxylic acid groups (broad SMARTS) is 1. The van der Waals surface area contributed by atoms with Gasteiger partial charge in [-0.05, 0) is 12.3 Å². The Bertz CT molecular complexity index is 238. The van der Waals surface area contributed by atoms with Crippen LogP contribution >= 0.6 is 0 Å². The summed E-state index contributed by atoms with van der Waals surface area (Å²) in [4.78, 5) is 22.9. The second-order valence-corrected chi connectivity index (χ2v) is 3.55. The molecular weight excluding hydrogens is 158 g/mol. The van der Waals surface area contributed by atoms with Crippen LogP contribution in [0, 0.1) is 11.8 Å². The number of piperidine rings is 1. The highest BCUT2D eigenvalue weighted by atomic mass is 16.4. The molecule has 0 aromatic carbocycles. The van der Waals surface area contributed by atoms with Gasteiger partial charge in [0.15, 0.2) is 0 Å². The SMILES string of the molecule is O=C1C[C@H]2CN(C(=O)O)CC[C@@H]12. The number of likely N-dealkylation sites (tertiary alicyclic amines) is 1. The molecule has 1 amide bonds. The molecule has 0 unspecified atom stereocenters. The van der Waals surface area contributed by atoms with Gasteiger partial charge in [-0.1, -0.05) is 0 Å². The summed E-state index contributed by atoms with van der Waals surface area (Å²) in [5.41, 5.74) is 0. The van der Waals surface area contributed by atoms with E-state index < -0.39 is 6.09 Å². The maximum absolute atomic E-state index is 11.0. The first-order chi connectivity index (χ1) is 5.68. The number of rotatable bonds is 0. The van der Waals surface area contributed by atoms with Gasteiger partial charge in [-0.15, -0.1) is 0 Å². The van der Waals surface area contributed by atoms with Crippen molar-refractivity contribution < 1.29 is 14.7 Å². The van der Waals surface area contributed by atoms with Crippen molar-refractivity contribution in [3.63, 3.8) is 0 Å². The van der Waals surface area contributed by atoms with E-state index >= 15 is 0 Å². The lowest BCUT2D eigenvalue weighted by atomic mass is 9.68. The molecule has 2 atom stereocenters. The van der Waals surface area contributed by atoms with Crippen LogP contribution in [0.25, 0.3) is 0 Å². The van der Waals surface area contributed by atoms with E-state index in [2.05, 4.69) is 0 Å². The number of hydrogen-bond donors (Lipinski definition) is 1. The van der Waals surface area contributed by atoms with Crippen molar-refractivity contribution in [2.75, 3.05) is 13.1 Å². The highest BCUT2D eigenvalue weighted by Gasteiger charge is 2.43. The zero-order valence-corrected chi connectivity index (χ0v) is 6.69. The van der Waals surface area contributed by atoms with Crippen molar-refractivity contribution in [2.45, 2.75) is 12.8 Å². The Morgan fingerprint density at radius 1 is 1.58 bits per heavy atom. The molecule has 1 aliphatic carbocycles. The van der Waals surface area contributed by atoms with Crippen molar-refractivity contribution in [1.82, 2.24) is 4.90 Å². The van der Waals surface area contributed by atoms with Gasteiger partial charge in [0.25, 0.3) is 0 Å². The fourth-order valence-electron chi connectivity index (χ4n) is 2.09. The number of carbonyl (C=O) groups excluding carboxylic acids is 1. The minimum Gasteiger partial charge on any atom is -0.465 e. The molecule has 12 heavy (non-hydrogen) atoms. The van der Waals surface area contributed by atoms with Gasteiger partial charge >= 0.3 is 6.09 Å². The molecule has 0 spiro atoms. The monoisotopic (exact) mass is 169 g/mol. The molecule has 1 N–H and O–H groups in total. The smallest absolute Gasteiger partial charge is 0.407 e. The van der Waals surface area contributed by atoms with E-state index in [1.807, 2.05) is 0 Å². The second kappa shape index (κ2) is 2.47. The molecule has 0 bridgehead atoms. The van der Waals surface area contributed by atoms with Crippen LogP contribution in [0.4, 0.5) is 4.79 Å². The molecule has 4 heteroatoms. The number of hydrogen-bond acceptors (Lipinski definition) is 2. The third-order valence-corrected chi connectivity index (χ3v) is 2.88. The van der Waals surface area contributed by atoms with Crippen LogP contribution in [0.15, 0.2) is 0 Å². The molecule has 1 aliphatic heterocycles. The quantitative estimate of drug-likeness (QED) is 0.577. The molecule has 1 saturated heterocycles. The van der Waals surface area contributed by atoms with Gasteiger partial charge < -0.3 is 10.0 Å². The van der Waals surface area contributed by atoms with Crippen LogP contribution in [0.2, 0.25) is 0 Å². The van der Waals surface area contributed by atoms with E-state index in [4.69, 9.17) is 5.11 Å². The summed E-state index contributed by atoms with van der Waals surface area (Å²) in [6, 6.07) is 0. The lowest BCUT2D eigenvalue weighted by Crippen LogP contribution is -2.51. The van der Waals surface area contributed by atoms with E-state index in [-0.39, 0.29) is 5.92 Å². The molecule has 2 aliphatic rings. The lowest BCUT2D eigenvalue weighted by molar-refractivity contribution is -0.137. The Hall–Kier alpha value is -1.06. The predicted molar refractivity (Wildman–Crippen MR) is 40.8 cm³/mol. The Balaban J connectivity index is 1.97. The number of Topliss-reactive ketones (excluding diaryl/α,β-unsaturated/α-hetero) is 1. The lowest BCUT2D eigenvalue weighted by Gasteiger charge is -2.42. The van der Waals surface area contributed by atoms with Crippen LogP contribution in [0.5, 0.6) is 0 Å². The zero-order chi connectivity index (χ0) is 8.72. The zero-order valence-electron chi connectivity index (χ0n) is 6.69. The van der Waals surface area contributed by atoms with Gasteiger partial charge in [-0.25, -0.2) is 4.79 Å². The highest BCUT2D eigenvalue weighted by molar-refractivity contribution is 5.88. The minimum atomic E-state index is -0.854. The van der Waals surface area contributed by atoms with Crippen LogP contribution in [0.1, 0.15) is 12.8 Å². The summed E-state index contributed by atoms with van der Waals surface area (Å²) >= 11 is 0. The Labute approximate surface area is 70.2 Å². The number of ketones is 1. The van der Waals surface area contributed by atoms with Gasteiger partial charge in [0.05, 0.1) is 0 Å². The fourth-order valence-corrected chi connectivity index (χ4v) is 2.09. The van der Waals surface area contributed by atoms with Gasteiger partial charge in [0.2, 0.25) is 0 Å². The Kier molecular flexibility index (Phi) is 1.56. The van der Waals surface area contributed by atoms with Gasteiger partial charge in [0.1, 0.15) is 5.78 Å². The van der Waals surface area contributed by atoms with E-state index in [0.717, 1.165) is 6.42 Å². The van der Waals surface area contributed by atoms with Crippen LogP contribution in [-0.2, 0) is 4.79 Å². The molecule has 0 aromatic rings. The van der Waals surface area contributed by atoms with Gasteiger partial charge in [-0.2, -0.15) is 0 Å². The van der Waals surface area contributed by atoms with E-state index in [9.17, 15) is 9.59 Å². The summed E-state index contributed by atoms with van der Waals surface area (Å²) in [5.74, 6) is 0.827. The fraction of sp³-hybridized carbons (Fsp3) is 0.750. The average Bonchev–Trinajstić information content (AvgIpc) is 2.01. The minimum absolute atomic E-state index is 0.181. The van der Waals surface area contributed by atoms with Crippen molar-refractivity contribution in [1.29, 1.82) is 0 Å². The maximum Gasteiger partial charge on any atom is 0.407 e. The van der Waals surface area contributed by atoms with Crippen LogP contribution in [0.3, 0.4) is 0 Å².